The Labute approximate surface area is 253 Å². The first-order valence-electron chi connectivity index (χ1n) is 13.7. The molecule has 0 spiro atoms. The van der Waals surface area contributed by atoms with Gasteiger partial charge in [0, 0.05) is 4.90 Å². The van der Waals surface area contributed by atoms with E-state index in [0.29, 0.717) is 0 Å². The van der Waals surface area contributed by atoms with Gasteiger partial charge in [-0.3, -0.25) is 0 Å². The lowest BCUT2D eigenvalue weighted by molar-refractivity contribution is -0.207. The maximum absolute atomic E-state index is 13.4. The van der Waals surface area contributed by atoms with Gasteiger partial charge < -0.3 is 24.1 Å². The zero-order valence-corrected chi connectivity index (χ0v) is 24.1. The fourth-order valence-corrected chi connectivity index (χ4v) is 5.67. The van der Waals surface area contributed by atoms with Crippen molar-refractivity contribution in [1.29, 1.82) is 0 Å². The van der Waals surface area contributed by atoms with Crippen molar-refractivity contribution in [1.82, 2.24) is 0 Å². The van der Waals surface area contributed by atoms with E-state index in [1.54, 1.807) is 91.0 Å². The number of carbonyl (C=O) groups is 3. The van der Waals surface area contributed by atoms with Gasteiger partial charge in [-0.15, -0.1) is 0 Å². The molecular weight excluding hydrogens is 568 g/mol. The Hall–Kier alpha value is -4.44. The molecule has 1 fully saturated rings. The molecule has 5 rings (SSSR count). The number of esters is 3. The molecule has 220 valence electrons. The second-order valence-electron chi connectivity index (χ2n) is 9.86. The molecule has 0 aromatic heterocycles. The van der Waals surface area contributed by atoms with Crippen molar-refractivity contribution in [3.8, 4) is 0 Å². The average molecular weight is 599 g/mol. The third-order valence-electron chi connectivity index (χ3n) is 6.80. The van der Waals surface area contributed by atoms with Crippen LogP contribution in [0, 0.1) is 6.92 Å². The highest BCUT2D eigenvalue weighted by Gasteiger charge is 2.52. The highest BCUT2D eigenvalue weighted by atomic mass is 32.2. The monoisotopic (exact) mass is 598 g/mol. The molecule has 4 aromatic carbocycles. The topological polar surface area (TPSA) is 108 Å². The second-order valence-corrected chi connectivity index (χ2v) is 11.0. The number of aliphatic hydroxyl groups is 1. The normalized spacial score (nSPS) is 21.4. The summed E-state index contributed by atoms with van der Waals surface area (Å²) in [6, 6.07) is 32.6. The van der Waals surface area contributed by atoms with Crippen LogP contribution in [0.4, 0.5) is 0 Å². The van der Waals surface area contributed by atoms with Crippen molar-refractivity contribution in [3.63, 3.8) is 0 Å². The van der Waals surface area contributed by atoms with Crippen LogP contribution in [0.25, 0.3) is 0 Å². The number of hydrogen-bond donors (Lipinski definition) is 1. The highest BCUT2D eigenvalue weighted by molar-refractivity contribution is 7.99. The third kappa shape index (κ3) is 7.50. The summed E-state index contributed by atoms with van der Waals surface area (Å²) in [5.74, 6) is -2.11. The summed E-state index contributed by atoms with van der Waals surface area (Å²) in [5, 5.41) is 10.4. The molecule has 0 saturated carbocycles. The number of aliphatic hydroxyl groups excluding tert-OH is 1. The number of thioether (sulfide) groups is 1. The minimum Gasteiger partial charge on any atom is -0.452 e. The van der Waals surface area contributed by atoms with Crippen LogP contribution in [0.3, 0.4) is 0 Å². The van der Waals surface area contributed by atoms with Crippen LogP contribution < -0.4 is 0 Å². The van der Waals surface area contributed by atoms with Gasteiger partial charge in [-0.05, 0) is 55.5 Å². The van der Waals surface area contributed by atoms with Gasteiger partial charge in [0.1, 0.15) is 11.5 Å². The molecule has 0 unspecified atom stereocenters. The predicted molar refractivity (Wildman–Crippen MR) is 160 cm³/mol. The number of carbonyl (C=O) groups excluding carboxylic acids is 3. The van der Waals surface area contributed by atoms with E-state index >= 15 is 0 Å². The molecule has 5 atom stereocenters. The van der Waals surface area contributed by atoms with E-state index in [2.05, 4.69) is 0 Å². The molecule has 1 N–H and O–H groups in total. The van der Waals surface area contributed by atoms with Crippen molar-refractivity contribution < 1.29 is 38.4 Å². The van der Waals surface area contributed by atoms with Crippen molar-refractivity contribution >= 4 is 29.7 Å². The first-order chi connectivity index (χ1) is 20.9. The van der Waals surface area contributed by atoms with E-state index < -0.39 is 54.4 Å². The number of rotatable bonds is 9. The molecule has 0 amide bonds. The van der Waals surface area contributed by atoms with Crippen LogP contribution in [0.2, 0.25) is 0 Å². The Balaban J connectivity index is 1.54. The van der Waals surface area contributed by atoms with Gasteiger partial charge in [-0.25, -0.2) is 14.4 Å². The summed E-state index contributed by atoms with van der Waals surface area (Å²) in [6.07, 6.45) is -4.98. The lowest BCUT2D eigenvalue weighted by Crippen LogP contribution is -2.61. The summed E-state index contributed by atoms with van der Waals surface area (Å²) < 4.78 is 24.1. The summed E-state index contributed by atoms with van der Waals surface area (Å²) in [7, 11) is 0. The van der Waals surface area contributed by atoms with Crippen LogP contribution in [-0.2, 0) is 18.9 Å². The van der Waals surface area contributed by atoms with Gasteiger partial charge in [0.2, 0.25) is 0 Å². The fraction of sp³-hybridized carbons (Fsp3) is 0.206. The molecule has 8 nitrogen and oxygen atoms in total. The van der Waals surface area contributed by atoms with Gasteiger partial charge in [0.15, 0.2) is 18.3 Å². The van der Waals surface area contributed by atoms with Crippen molar-refractivity contribution in [2.24, 2.45) is 0 Å². The molecule has 4 aromatic rings. The summed E-state index contributed by atoms with van der Waals surface area (Å²) in [6.45, 7) is 1.40. The van der Waals surface area contributed by atoms with Gasteiger partial charge in [0.05, 0.1) is 23.3 Å². The maximum atomic E-state index is 13.4. The molecule has 1 heterocycles. The van der Waals surface area contributed by atoms with Gasteiger partial charge in [0.25, 0.3) is 0 Å². The van der Waals surface area contributed by atoms with E-state index in [9.17, 15) is 19.5 Å². The molecule has 0 bridgehead atoms. The summed E-state index contributed by atoms with van der Waals surface area (Å²) >= 11 is 1.24. The summed E-state index contributed by atoms with van der Waals surface area (Å²) in [5.41, 5.74) is 0.890. The van der Waals surface area contributed by atoms with E-state index in [4.69, 9.17) is 18.9 Å². The van der Waals surface area contributed by atoms with E-state index in [-0.39, 0.29) is 16.7 Å². The molecule has 1 saturated heterocycles. The minimum atomic E-state index is -1.33. The lowest BCUT2D eigenvalue weighted by atomic mass is 9.98. The number of ether oxygens (including phenoxy) is 4. The molecule has 1 aliphatic rings. The third-order valence-corrected chi connectivity index (χ3v) is 7.96. The van der Waals surface area contributed by atoms with Crippen molar-refractivity contribution in [2.45, 2.75) is 41.7 Å². The molecule has 1 aliphatic heterocycles. The molecule has 43 heavy (non-hydrogen) atoms. The molecule has 0 radical (unpaired) electrons. The summed E-state index contributed by atoms with van der Waals surface area (Å²) in [4.78, 5) is 40.8. The lowest BCUT2D eigenvalue weighted by Gasteiger charge is -2.44. The Morgan fingerprint density at radius 1 is 0.628 bits per heavy atom. The molecule has 9 heteroatoms. The minimum absolute atomic E-state index is 0.249. The smallest absolute Gasteiger partial charge is 0.338 e. The van der Waals surface area contributed by atoms with Gasteiger partial charge in [-0.1, -0.05) is 84.1 Å². The first kappa shape index (κ1) is 30.0. The zero-order valence-electron chi connectivity index (χ0n) is 23.3. The van der Waals surface area contributed by atoms with E-state index in [0.717, 1.165) is 10.5 Å². The van der Waals surface area contributed by atoms with Gasteiger partial charge >= 0.3 is 17.9 Å². The zero-order chi connectivity index (χ0) is 30.2. The number of aryl methyl sites for hydroxylation is 1. The maximum Gasteiger partial charge on any atom is 0.338 e. The Bertz CT molecular complexity index is 1510. The largest absolute Gasteiger partial charge is 0.452 e. The fourth-order valence-electron chi connectivity index (χ4n) is 4.57. The number of benzene rings is 4. The Morgan fingerprint density at radius 2 is 1.05 bits per heavy atom. The first-order valence-corrected chi connectivity index (χ1v) is 14.6. The van der Waals surface area contributed by atoms with Crippen LogP contribution in [0.5, 0.6) is 0 Å². The second kappa shape index (κ2) is 14.2. The highest BCUT2D eigenvalue weighted by Crippen LogP contribution is 2.38. The van der Waals surface area contributed by atoms with Crippen LogP contribution in [-0.4, -0.2) is 59.5 Å². The van der Waals surface area contributed by atoms with Crippen LogP contribution in [0.15, 0.2) is 120 Å². The van der Waals surface area contributed by atoms with Crippen molar-refractivity contribution in [2.75, 3.05) is 6.61 Å². The Kier molecular flexibility index (Phi) is 9.88. The quantitative estimate of drug-likeness (QED) is 0.198. The average Bonchev–Trinajstić information content (AvgIpc) is 3.05. The van der Waals surface area contributed by atoms with Crippen molar-refractivity contribution in [3.05, 3.63) is 138 Å². The van der Waals surface area contributed by atoms with Gasteiger partial charge in [-0.2, -0.15) is 0 Å². The Morgan fingerprint density at radius 3 is 1.49 bits per heavy atom. The molecular formula is C34H30O8S. The van der Waals surface area contributed by atoms with E-state index in [1.165, 1.54) is 11.8 Å². The predicted octanol–water partition coefficient (Wildman–Crippen LogP) is 5.48. The van der Waals surface area contributed by atoms with E-state index in [1.807, 2.05) is 31.2 Å². The molecule has 0 aliphatic carbocycles. The SMILES string of the molecule is Cc1ccc(S[C@@H]2O[C@H](CO)[C@H](OC(=O)c3ccccc3)[C@H](OC(=O)c3ccccc3)[C@H]2OC(=O)c2ccccc2)cc1. The standard InChI is InChI=1S/C34H30O8S/c1-22-17-19-26(20-18-22)43-34-30(42-33(38)25-15-9-4-10-16-25)29(41-32(37)24-13-7-3-8-14-24)28(27(21-35)39-34)40-31(36)23-11-5-2-6-12-23/h2-20,27-30,34-35H,21H2,1H3/t27-,28+,29+,30-,34+/m1/s1. The van der Waals surface area contributed by atoms with Crippen LogP contribution in [0.1, 0.15) is 36.6 Å². The number of hydrogen-bond acceptors (Lipinski definition) is 9. The van der Waals surface area contributed by atoms with Crippen LogP contribution >= 0.6 is 11.8 Å².